The number of rotatable bonds is 5. The fourth-order valence-electron chi connectivity index (χ4n) is 8.63. The third-order valence-corrected chi connectivity index (χ3v) is 11.2. The summed E-state index contributed by atoms with van der Waals surface area (Å²) in [5.41, 5.74) is -3.33. The van der Waals surface area contributed by atoms with Crippen LogP contribution in [0, 0.1) is 28.6 Å². The lowest BCUT2D eigenvalue weighted by Crippen LogP contribution is -2.80. The van der Waals surface area contributed by atoms with Crippen LogP contribution in [-0.2, 0) is 28.0 Å². The highest BCUT2D eigenvalue weighted by Gasteiger charge is 2.76. The zero-order chi connectivity index (χ0) is 30.8. The van der Waals surface area contributed by atoms with Gasteiger partial charge in [0.05, 0.1) is 24.2 Å². The number of carbonyl (C=O) groups excluding carboxylic acids is 3. The Morgan fingerprint density at radius 3 is 2.44 bits per heavy atom. The fourth-order valence-corrected chi connectivity index (χ4v) is 9.00. The fraction of sp³-hybridized carbons (Fsp3) is 0.656. The quantitative estimate of drug-likeness (QED) is 0.291. The van der Waals surface area contributed by atoms with Crippen molar-refractivity contribution in [2.45, 2.75) is 90.8 Å². The third kappa shape index (κ3) is 4.17. The van der Waals surface area contributed by atoms with Crippen LogP contribution in [0.15, 0.2) is 41.5 Å². The van der Waals surface area contributed by atoms with Gasteiger partial charge in [-0.05, 0) is 54.6 Å². The minimum Gasteiger partial charge on any atom is -0.455 e. The van der Waals surface area contributed by atoms with E-state index in [2.05, 4.69) is 0 Å². The monoisotopic (exact) mass is 588 g/mol. The first kappa shape index (κ1) is 28.9. The van der Waals surface area contributed by atoms with Crippen LogP contribution in [0.4, 0.5) is 0 Å². The van der Waals surface area contributed by atoms with Gasteiger partial charge < -0.3 is 23.5 Å². The number of ketones is 1. The number of aliphatic hydroxyl groups is 1. The van der Waals surface area contributed by atoms with Crippen molar-refractivity contribution in [3.8, 4) is 0 Å². The van der Waals surface area contributed by atoms with Crippen molar-refractivity contribution in [1.29, 1.82) is 0 Å². The Kier molecular flexibility index (Phi) is 7.20. The molecule has 1 N–H and O–H groups in total. The highest BCUT2D eigenvalue weighted by molar-refractivity contribution is 7.93. The van der Waals surface area contributed by atoms with Crippen LogP contribution in [0.1, 0.15) is 73.0 Å². The first-order valence-corrected chi connectivity index (χ1v) is 15.2. The SMILES string of the molecule is [3H]CSO[C@H]1C[C@@]2(O)[C@@H](OC(=O)c3ccccc3)[C@@H]3[C@]4(OC(C)=O)CO[C@@H]4C[C@H](C)[C@@]3(C)C(=O)[C@H](C)C(=C1C)C2(C)C. The van der Waals surface area contributed by atoms with E-state index in [1.54, 1.807) is 30.3 Å². The Bertz CT molecular complexity index is 1300. The Morgan fingerprint density at radius 2 is 1.85 bits per heavy atom. The maximum absolute atomic E-state index is 14.9. The molecule has 0 spiro atoms. The second kappa shape index (κ2) is 10.2. The predicted molar refractivity (Wildman–Crippen MR) is 154 cm³/mol. The van der Waals surface area contributed by atoms with E-state index >= 15 is 0 Å². The molecule has 224 valence electrons. The molecule has 3 fully saturated rings. The molecule has 0 aromatic heterocycles. The number of hydrogen-bond donors (Lipinski definition) is 1. The molecule has 4 aliphatic rings. The van der Waals surface area contributed by atoms with E-state index in [4.69, 9.17) is 19.8 Å². The molecule has 0 unspecified atom stereocenters. The molecule has 3 aliphatic carbocycles. The molecular weight excluding hydrogens is 544 g/mol. The molecule has 41 heavy (non-hydrogen) atoms. The summed E-state index contributed by atoms with van der Waals surface area (Å²) in [5, 5.41) is 13.2. The molecule has 0 radical (unpaired) electrons. The zero-order valence-electron chi connectivity index (χ0n) is 25.9. The van der Waals surface area contributed by atoms with Crippen molar-refractivity contribution in [2.75, 3.05) is 12.8 Å². The number of benzene rings is 1. The van der Waals surface area contributed by atoms with Gasteiger partial charge in [-0.2, -0.15) is 0 Å². The molecule has 0 amide bonds. The van der Waals surface area contributed by atoms with Crippen molar-refractivity contribution < 1.29 is 39.3 Å². The van der Waals surface area contributed by atoms with Gasteiger partial charge in [-0.15, -0.1) is 0 Å². The van der Waals surface area contributed by atoms with Crippen LogP contribution >= 0.6 is 12.0 Å². The predicted octanol–water partition coefficient (Wildman–Crippen LogP) is 4.93. The van der Waals surface area contributed by atoms with Crippen LogP contribution in [0.5, 0.6) is 0 Å². The summed E-state index contributed by atoms with van der Waals surface area (Å²) in [7, 11) is 0. The molecule has 1 aliphatic heterocycles. The third-order valence-electron chi connectivity index (χ3n) is 10.9. The maximum Gasteiger partial charge on any atom is 0.338 e. The molecule has 9 atom stereocenters. The topological polar surface area (TPSA) is 108 Å². The van der Waals surface area contributed by atoms with Crippen LogP contribution in [0.25, 0.3) is 0 Å². The summed E-state index contributed by atoms with van der Waals surface area (Å²) in [4.78, 5) is 41.4. The van der Waals surface area contributed by atoms with Gasteiger partial charge in [0.15, 0.2) is 5.60 Å². The summed E-state index contributed by atoms with van der Waals surface area (Å²) in [6.45, 7) is 12.8. The number of carbonyl (C=O) groups is 3. The molecule has 1 saturated heterocycles. The summed E-state index contributed by atoms with van der Waals surface area (Å²) in [6, 6.07) is 8.53. The minimum absolute atomic E-state index is 0.0259. The van der Waals surface area contributed by atoms with Gasteiger partial charge in [0.25, 0.3) is 0 Å². The van der Waals surface area contributed by atoms with E-state index in [0.717, 1.165) is 23.2 Å². The molecule has 1 aromatic rings. The van der Waals surface area contributed by atoms with Crippen molar-refractivity contribution in [3.63, 3.8) is 0 Å². The van der Waals surface area contributed by atoms with Crippen molar-refractivity contribution in [3.05, 3.63) is 47.0 Å². The molecule has 1 aromatic carbocycles. The molecule has 5 rings (SSSR count). The highest BCUT2D eigenvalue weighted by Crippen LogP contribution is 2.66. The molecule has 9 heteroatoms. The maximum atomic E-state index is 14.9. The summed E-state index contributed by atoms with van der Waals surface area (Å²) in [6.07, 6.45) is -1.94. The second-order valence-corrected chi connectivity index (χ2v) is 13.5. The van der Waals surface area contributed by atoms with Gasteiger partial charge in [0.2, 0.25) is 0 Å². The average molecular weight is 589 g/mol. The van der Waals surface area contributed by atoms with Crippen LogP contribution < -0.4 is 0 Å². The summed E-state index contributed by atoms with van der Waals surface area (Å²) >= 11 is 0.963. The number of fused-ring (bicyclic) bond motifs is 5. The number of ether oxygens (including phenoxy) is 3. The lowest BCUT2D eigenvalue weighted by Gasteiger charge is -2.68. The standard InChI is InChI=1S/C32H42O8S/c1-17-14-23-31(16-37-23,39-20(4)33)25-27(38-28(35)21-12-10-9-11-13-21)32(36)15-22(40-41-8)18(2)24(29(32,5)6)19(3)26(34)30(17,25)7/h9-13,17,19,22-23,25,27,36H,14-16H2,1-8H3/t17-,19+,22-,23+,25-,27-,30+,31-,32+/m0/s1/i8T. The zero-order valence-corrected chi connectivity index (χ0v) is 25.7. The van der Waals surface area contributed by atoms with E-state index in [1.165, 1.54) is 6.92 Å². The largest absolute Gasteiger partial charge is 0.455 e. The van der Waals surface area contributed by atoms with Crippen molar-refractivity contribution in [1.82, 2.24) is 0 Å². The van der Waals surface area contributed by atoms with Crippen LogP contribution in [0.3, 0.4) is 0 Å². The smallest absolute Gasteiger partial charge is 0.338 e. The van der Waals surface area contributed by atoms with E-state index in [-0.39, 0.29) is 31.0 Å². The van der Waals surface area contributed by atoms with Gasteiger partial charge in [-0.1, -0.05) is 52.8 Å². The summed E-state index contributed by atoms with van der Waals surface area (Å²) in [5.74, 6) is -2.99. The van der Waals surface area contributed by atoms with Gasteiger partial charge >= 0.3 is 11.9 Å². The molecule has 8 nitrogen and oxygen atoms in total. The summed E-state index contributed by atoms with van der Waals surface area (Å²) < 4.78 is 32.2. The number of Topliss-reactive ketones (excluding diaryl/α,β-unsaturated/α-hetero) is 1. The Balaban J connectivity index is 1.80. The number of esters is 2. The average Bonchev–Trinajstić information content (AvgIpc) is 2.93. The van der Waals surface area contributed by atoms with Crippen LogP contribution in [-0.4, -0.2) is 65.2 Å². The highest BCUT2D eigenvalue weighted by atomic mass is 32.2. The van der Waals surface area contributed by atoms with E-state index < -0.39 is 64.1 Å². The first-order chi connectivity index (χ1) is 19.7. The van der Waals surface area contributed by atoms with Gasteiger partial charge in [0, 0.05) is 37.7 Å². The van der Waals surface area contributed by atoms with E-state index in [9.17, 15) is 19.5 Å². The van der Waals surface area contributed by atoms with E-state index in [0.29, 0.717) is 12.0 Å². The molecular formula is C32H42O8S. The lowest BCUT2D eigenvalue weighted by molar-refractivity contribution is -0.339. The van der Waals surface area contributed by atoms with Crippen LogP contribution in [0.2, 0.25) is 0 Å². The van der Waals surface area contributed by atoms with E-state index in [1.807, 2.05) is 41.5 Å². The Morgan fingerprint density at radius 1 is 1.17 bits per heavy atom. The Labute approximate surface area is 248 Å². The van der Waals surface area contributed by atoms with Gasteiger partial charge in [0.1, 0.15) is 23.6 Å². The lowest BCUT2D eigenvalue weighted by atomic mass is 9.42. The minimum atomic E-state index is -1.75. The molecule has 2 saturated carbocycles. The molecule has 1 heterocycles. The normalized spacial score (nSPS) is 41.6. The van der Waals surface area contributed by atoms with Crippen molar-refractivity contribution in [2.24, 2.45) is 28.6 Å². The first-order valence-electron chi connectivity index (χ1n) is 15.0. The van der Waals surface area contributed by atoms with Gasteiger partial charge in [-0.25, -0.2) is 4.79 Å². The number of hydrogen-bond acceptors (Lipinski definition) is 9. The molecule has 2 bridgehead atoms. The van der Waals surface area contributed by atoms with Gasteiger partial charge in [-0.3, -0.25) is 9.59 Å². The van der Waals surface area contributed by atoms with Crippen molar-refractivity contribution >= 4 is 29.8 Å². The second-order valence-electron chi connectivity index (χ2n) is 13.1. The Hall–Kier alpha value is -2.20.